The summed E-state index contributed by atoms with van der Waals surface area (Å²) in [4.78, 5) is 40.2. The summed E-state index contributed by atoms with van der Waals surface area (Å²) in [6.45, 7) is 11.9. The Labute approximate surface area is 169 Å². The molecule has 7 heteroatoms. The Balaban J connectivity index is 2.96. The van der Waals surface area contributed by atoms with Crippen molar-refractivity contribution in [2.45, 2.75) is 97.4 Å². The van der Waals surface area contributed by atoms with Crippen LogP contribution in [0.3, 0.4) is 0 Å². The third kappa shape index (κ3) is 6.76. The van der Waals surface area contributed by atoms with Crippen LogP contribution in [-0.2, 0) is 19.1 Å². The smallest absolute Gasteiger partial charge is 0.329 e. The minimum Gasteiger partial charge on any atom is -0.458 e. The van der Waals surface area contributed by atoms with Gasteiger partial charge in [0.15, 0.2) is 0 Å². The van der Waals surface area contributed by atoms with Crippen molar-refractivity contribution in [3.05, 3.63) is 0 Å². The highest BCUT2D eigenvalue weighted by molar-refractivity contribution is 5.92. The molecule has 1 aliphatic rings. The van der Waals surface area contributed by atoms with E-state index >= 15 is 0 Å². The van der Waals surface area contributed by atoms with Crippen LogP contribution in [-0.4, -0.2) is 60.0 Å². The number of carbonyl (C=O) groups is 3. The SMILES string of the molecule is CCC[C@H](NC)C(=O)N[C@H](C(=O)N1CCC[C@H]1C(=O)OC(C)(C)C)[C@@H](C)CC. The molecule has 7 nitrogen and oxygen atoms in total. The van der Waals surface area contributed by atoms with E-state index < -0.39 is 17.7 Å². The zero-order valence-corrected chi connectivity index (χ0v) is 18.6. The van der Waals surface area contributed by atoms with Crippen molar-refractivity contribution >= 4 is 17.8 Å². The lowest BCUT2D eigenvalue weighted by Crippen LogP contribution is -2.57. The van der Waals surface area contributed by atoms with Gasteiger partial charge in [-0.25, -0.2) is 4.79 Å². The Morgan fingerprint density at radius 1 is 1.21 bits per heavy atom. The molecular weight excluding hydrogens is 358 g/mol. The molecule has 1 saturated heterocycles. The summed E-state index contributed by atoms with van der Waals surface area (Å²) in [6, 6.07) is -1.55. The molecule has 0 radical (unpaired) electrons. The van der Waals surface area contributed by atoms with Crippen LogP contribution in [0, 0.1) is 5.92 Å². The van der Waals surface area contributed by atoms with Crippen LogP contribution in [0.15, 0.2) is 0 Å². The average molecular weight is 398 g/mol. The Kier molecular flexibility index (Phi) is 9.40. The molecule has 2 N–H and O–H groups in total. The van der Waals surface area contributed by atoms with Gasteiger partial charge in [0, 0.05) is 6.54 Å². The Hall–Kier alpha value is -1.63. The van der Waals surface area contributed by atoms with E-state index in [1.54, 1.807) is 11.9 Å². The maximum absolute atomic E-state index is 13.3. The summed E-state index contributed by atoms with van der Waals surface area (Å²) >= 11 is 0. The molecule has 1 aliphatic heterocycles. The van der Waals surface area contributed by atoms with Gasteiger partial charge >= 0.3 is 5.97 Å². The van der Waals surface area contributed by atoms with Crippen molar-refractivity contribution in [2.24, 2.45) is 5.92 Å². The van der Waals surface area contributed by atoms with E-state index in [2.05, 4.69) is 10.6 Å². The lowest BCUT2D eigenvalue weighted by molar-refractivity contribution is -0.163. The molecule has 1 heterocycles. The van der Waals surface area contributed by atoms with Crippen LogP contribution in [0.25, 0.3) is 0 Å². The van der Waals surface area contributed by atoms with Gasteiger partial charge < -0.3 is 20.3 Å². The fourth-order valence-electron chi connectivity index (χ4n) is 3.46. The molecule has 0 saturated carbocycles. The van der Waals surface area contributed by atoms with Gasteiger partial charge in [0.25, 0.3) is 0 Å². The van der Waals surface area contributed by atoms with Crippen molar-refractivity contribution in [1.29, 1.82) is 0 Å². The second-order valence-corrected chi connectivity index (χ2v) is 8.72. The molecule has 0 aliphatic carbocycles. The number of nitrogens with zero attached hydrogens (tertiary/aromatic N) is 1. The quantitative estimate of drug-likeness (QED) is 0.583. The predicted octanol–water partition coefficient (Wildman–Crippen LogP) is 2.24. The van der Waals surface area contributed by atoms with Crippen molar-refractivity contribution in [1.82, 2.24) is 15.5 Å². The second kappa shape index (κ2) is 10.8. The molecule has 0 aromatic carbocycles. The summed E-state index contributed by atoms with van der Waals surface area (Å²) in [7, 11) is 1.75. The number of carbonyl (C=O) groups excluding carboxylic acids is 3. The summed E-state index contributed by atoms with van der Waals surface area (Å²) in [5.41, 5.74) is -0.598. The Bertz CT molecular complexity index is 544. The third-order valence-corrected chi connectivity index (χ3v) is 5.23. The second-order valence-electron chi connectivity index (χ2n) is 8.72. The van der Waals surface area contributed by atoms with Gasteiger partial charge in [0.2, 0.25) is 11.8 Å². The molecule has 4 atom stereocenters. The highest BCUT2D eigenvalue weighted by atomic mass is 16.6. The van der Waals surface area contributed by atoms with Gasteiger partial charge in [-0.05, 0) is 53.0 Å². The van der Waals surface area contributed by atoms with E-state index in [0.717, 1.165) is 19.3 Å². The fraction of sp³-hybridized carbons (Fsp3) is 0.857. The van der Waals surface area contributed by atoms with Crippen LogP contribution >= 0.6 is 0 Å². The molecule has 2 amide bonds. The van der Waals surface area contributed by atoms with Gasteiger partial charge in [0.1, 0.15) is 17.7 Å². The first-order valence-electron chi connectivity index (χ1n) is 10.6. The Morgan fingerprint density at radius 2 is 1.86 bits per heavy atom. The van der Waals surface area contributed by atoms with Crippen molar-refractivity contribution < 1.29 is 19.1 Å². The number of nitrogens with one attached hydrogen (secondary N) is 2. The molecule has 0 aromatic rings. The van der Waals surface area contributed by atoms with Gasteiger partial charge in [-0.15, -0.1) is 0 Å². The topological polar surface area (TPSA) is 87.7 Å². The van der Waals surface area contributed by atoms with Gasteiger partial charge in [-0.1, -0.05) is 33.6 Å². The first-order valence-corrected chi connectivity index (χ1v) is 10.6. The van der Waals surface area contributed by atoms with Gasteiger partial charge in [0.05, 0.1) is 6.04 Å². The average Bonchev–Trinajstić information content (AvgIpc) is 3.11. The zero-order valence-electron chi connectivity index (χ0n) is 18.6. The minimum atomic E-state index is -0.645. The fourth-order valence-corrected chi connectivity index (χ4v) is 3.46. The number of likely N-dealkylation sites (N-methyl/N-ethyl adjacent to an activating group) is 1. The maximum Gasteiger partial charge on any atom is 0.329 e. The summed E-state index contributed by atoms with van der Waals surface area (Å²) in [5.74, 6) is -0.763. The van der Waals surface area contributed by atoms with E-state index in [1.807, 2.05) is 41.5 Å². The summed E-state index contributed by atoms with van der Waals surface area (Å²) in [5, 5.41) is 5.96. The molecule has 0 spiro atoms. The van der Waals surface area contributed by atoms with Crippen molar-refractivity contribution in [3.8, 4) is 0 Å². The van der Waals surface area contributed by atoms with Gasteiger partial charge in [-0.2, -0.15) is 0 Å². The standard InChI is InChI=1S/C21H39N3O4/c1-8-11-15(22-7)18(25)23-17(14(3)9-2)19(26)24-13-10-12-16(24)20(27)28-21(4,5)6/h14-17,22H,8-13H2,1-7H3,(H,23,25)/t14-,15-,16-,17-/m0/s1. The van der Waals surface area contributed by atoms with E-state index in [1.165, 1.54) is 0 Å². The van der Waals surface area contributed by atoms with Crippen LogP contribution in [0.1, 0.15) is 73.6 Å². The van der Waals surface area contributed by atoms with Crippen molar-refractivity contribution in [3.63, 3.8) is 0 Å². The number of ether oxygens (including phenoxy) is 1. The van der Waals surface area contributed by atoms with E-state index in [9.17, 15) is 14.4 Å². The molecule has 0 unspecified atom stereocenters. The molecule has 1 rings (SSSR count). The first-order chi connectivity index (χ1) is 13.1. The monoisotopic (exact) mass is 397 g/mol. The summed E-state index contributed by atoms with van der Waals surface area (Å²) < 4.78 is 5.51. The molecule has 1 fully saturated rings. The molecular formula is C21H39N3O4. The van der Waals surface area contributed by atoms with E-state index in [4.69, 9.17) is 4.74 Å². The number of rotatable bonds is 9. The minimum absolute atomic E-state index is 0.0320. The first kappa shape index (κ1) is 24.4. The zero-order chi connectivity index (χ0) is 21.5. The predicted molar refractivity (Wildman–Crippen MR) is 110 cm³/mol. The summed E-state index contributed by atoms with van der Waals surface area (Å²) in [6.07, 6.45) is 3.67. The molecule has 0 aromatic heterocycles. The van der Waals surface area contributed by atoms with Crippen LogP contribution < -0.4 is 10.6 Å². The normalized spacial score (nSPS) is 20.4. The van der Waals surface area contributed by atoms with Gasteiger partial charge in [-0.3, -0.25) is 9.59 Å². The number of amides is 2. The highest BCUT2D eigenvalue weighted by Crippen LogP contribution is 2.24. The number of hydrogen-bond donors (Lipinski definition) is 2. The third-order valence-electron chi connectivity index (χ3n) is 5.23. The lowest BCUT2D eigenvalue weighted by atomic mass is 9.96. The molecule has 28 heavy (non-hydrogen) atoms. The van der Waals surface area contributed by atoms with Crippen LogP contribution in [0.4, 0.5) is 0 Å². The number of esters is 1. The van der Waals surface area contributed by atoms with E-state index in [0.29, 0.717) is 19.4 Å². The van der Waals surface area contributed by atoms with Crippen LogP contribution in [0.5, 0.6) is 0 Å². The lowest BCUT2D eigenvalue weighted by Gasteiger charge is -2.33. The largest absolute Gasteiger partial charge is 0.458 e. The van der Waals surface area contributed by atoms with Crippen LogP contribution in [0.2, 0.25) is 0 Å². The molecule has 162 valence electrons. The van der Waals surface area contributed by atoms with Crippen molar-refractivity contribution in [2.75, 3.05) is 13.6 Å². The number of hydrogen-bond acceptors (Lipinski definition) is 5. The molecule has 0 bridgehead atoms. The Morgan fingerprint density at radius 3 is 2.36 bits per heavy atom. The highest BCUT2D eigenvalue weighted by Gasteiger charge is 2.41. The maximum atomic E-state index is 13.3. The number of likely N-dealkylation sites (tertiary alicyclic amines) is 1. The van der Waals surface area contributed by atoms with E-state index in [-0.39, 0.29) is 29.7 Å².